The third-order valence-electron chi connectivity index (χ3n) is 9.57. The Hall–Kier alpha value is -3.15. The first kappa shape index (κ1) is 52.9. The third-order valence-corrected chi connectivity index (χ3v) is 9.57. The Morgan fingerprint density at radius 2 is 0.732 bits per heavy atom. The number of carbonyl (C=O) groups is 3. The van der Waals surface area contributed by atoms with Gasteiger partial charge >= 0.3 is 17.9 Å². The van der Waals surface area contributed by atoms with Crippen molar-refractivity contribution in [1.29, 1.82) is 0 Å². The van der Waals surface area contributed by atoms with Gasteiger partial charge in [-0.3, -0.25) is 14.4 Å². The summed E-state index contributed by atoms with van der Waals surface area (Å²) in [5, 5.41) is 0. The molecule has 6 heteroatoms. The minimum Gasteiger partial charge on any atom is -0.462 e. The number of hydrogen-bond acceptors (Lipinski definition) is 6. The molecule has 0 amide bonds. The van der Waals surface area contributed by atoms with Crippen molar-refractivity contribution in [3.63, 3.8) is 0 Å². The highest BCUT2D eigenvalue weighted by molar-refractivity contribution is 5.71. The molecular weight excluding hydrogens is 697 g/mol. The third kappa shape index (κ3) is 42.0. The first-order valence-corrected chi connectivity index (χ1v) is 23.0. The van der Waals surface area contributed by atoms with Crippen molar-refractivity contribution in [2.75, 3.05) is 13.2 Å². The highest BCUT2D eigenvalue weighted by Crippen LogP contribution is 2.14. The molecule has 0 aromatic heterocycles. The number of esters is 3. The monoisotopic (exact) mass is 781 g/mol. The van der Waals surface area contributed by atoms with Crippen molar-refractivity contribution >= 4 is 17.9 Å². The van der Waals surface area contributed by atoms with Crippen molar-refractivity contribution in [1.82, 2.24) is 0 Å². The Morgan fingerprint density at radius 3 is 1.21 bits per heavy atom. The molecule has 0 aliphatic carbocycles. The van der Waals surface area contributed by atoms with Crippen LogP contribution in [-0.2, 0) is 28.6 Å². The summed E-state index contributed by atoms with van der Waals surface area (Å²) in [5.41, 5.74) is 0. The molecule has 0 N–H and O–H groups in total. The predicted molar refractivity (Wildman–Crippen MR) is 238 cm³/mol. The summed E-state index contributed by atoms with van der Waals surface area (Å²) in [6.07, 6.45) is 54.5. The van der Waals surface area contributed by atoms with E-state index in [1.807, 2.05) is 48.6 Å². The molecule has 0 aromatic rings. The quantitative estimate of drug-likeness (QED) is 0.0203. The SMILES string of the molecule is CC\C=C/C=C\C=C/C=C\C=C/CCCCCC(=O)OCC(COC(=O)CCCCCCC/C=C\CCCC)OC(=O)CCCCCCCCCCCCCC. The fourth-order valence-corrected chi connectivity index (χ4v) is 6.09. The fraction of sp³-hybridized carbons (Fsp3) is 0.700. The van der Waals surface area contributed by atoms with E-state index in [0.717, 1.165) is 77.0 Å². The topological polar surface area (TPSA) is 78.9 Å². The van der Waals surface area contributed by atoms with Crippen molar-refractivity contribution < 1.29 is 28.6 Å². The van der Waals surface area contributed by atoms with Gasteiger partial charge in [-0.1, -0.05) is 203 Å². The van der Waals surface area contributed by atoms with Crippen LogP contribution in [-0.4, -0.2) is 37.2 Å². The second-order valence-corrected chi connectivity index (χ2v) is 15.1. The standard InChI is InChI=1S/C50H84O6/c1-4-7-10-13-16-19-22-24-25-26-29-31-34-37-40-43-49(52)55-46-47(45-54-48(51)42-39-36-33-30-27-21-18-15-12-9-6-3)56-50(53)44-41-38-35-32-28-23-20-17-14-11-8-5-2/h7,10,13,15-16,18-19,22,24-26,29,47H,4-6,8-9,11-12,14,17,20-21,23,27-28,30-46H2,1-3H3/b10-7-,16-13-,18-15-,22-19-,25-24-,29-26-. The number of allylic oxidation sites excluding steroid dienone is 12. The molecule has 56 heavy (non-hydrogen) atoms. The molecule has 0 aromatic carbocycles. The number of hydrogen-bond donors (Lipinski definition) is 0. The maximum atomic E-state index is 12.7. The van der Waals surface area contributed by atoms with Gasteiger partial charge in [-0.25, -0.2) is 0 Å². The van der Waals surface area contributed by atoms with Gasteiger partial charge in [-0.15, -0.1) is 0 Å². The lowest BCUT2D eigenvalue weighted by Gasteiger charge is -2.18. The lowest BCUT2D eigenvalue weighted by molar-refractivity contribution is -0.167. The molecule has 0 spiro atoms. The van der Waals surface area contributed by atoms with Crippen molar-refractivity contribution in [3.05, 3.63) is 72.9 Å². The average molecular weight is 781 g/mol. The fourth-order valence-electron chi connectivity index (χ4n) is 6.09. The number of carbonyl (C=O) groups excluding carboxylic acids is 3. The summed E-state index contributed by atoms with van der Waals surface area (Å²) in [6, 6.07) is 0. The molecule has 0 fully saturated rings. The average Bonchev–Trinajstić information content (AvgIpc) is 3.19. The lowest BCUT2D eigenvalue weighted by Crippen LogP contribution is -2.30. The van der Waals surface area contributed by atoms with Crippen LogP contribution in [0, 0.1) is 0 Å². The first-order chi connectivity index (χ1) is 27.5. The lowest BCUT2D eigenvalue weighted by atomic mass is 10.0. The highest BCUT2D eigenvalue weighted by atomic mass is 16.6. The largest absolute Gasteiger partial charge is 0.462 e. The molecule has 0 saturated carbocycles. The van der Waals surface area contributed by atoms with Crippen molar-refractivity contribution in [3.8, 4) is 0 Å². The van der Waals surface area contributed by atoms with Crippen molar-refractivity contribution in [2.45, 2.75) is 213 Å². The van der Waals surface area contributed by atoms with Crippen LogP contribution in [0.5, 0.6) is 0 Å². The second-order valence-electron chi connectivity index (χ2n) is 15.1. The summed E-state index contributed by atoms with van der Waals surface area (Å²) in [4.78, 5) is 37.7. The Labute approximate surface area is 344 Å². The smallest absolute Gasteiger partial charge is 0.306 e. The number of rotatable bonds is 40. The summed E-state index contributed by atoms with van der Waals surface area (Å²) in [7, 11) is 0. The van der Waals surface area contributed by atoms with Crippen LogP contribution in [0.3, 0.4) is 0 Å². The predicted octanol–water partition coefficient (Wildman–Crippen LogP) is 14.7. The molecule has 0 bridgehead atoms. The van der Waals surface area contributed by atoms with E-state index in [2.05, 4.69) is 45.1 Å². The molecule has 0 radical (unpaired) electrons. The van der Waals surface area contributed by atoms with Crippen LogP contribution >= 0.6 is 0 Å². The van der Waals surface area contributed by atoms with Gasteiger partial charge in [0.1, 0.15) is 13.2 Å². The van der Waals surface area contributed by atoms with E-state index in [4.69, 9.17) is 14.2 Å². The maximum Gasteiger partial charge on any atom is 0.306 e. The molecule has 320 valence electrons. The maximum absolute atomic E-state index is 12.7. The molecule has 0 aliphatic heterocycles. The van der Waals surface area contributed by atoms with Crippen LogP contribution in [0.25, 0.3) is 0 Å². The zero-order valence-corrected chi connectivity index (χ0v) is 36.4. The van der Waals surface area contributed by atoms with Gasteiger partial charge in [-0.05, 0) is 57.8 Å². The van der Waals surface area contributed by atoms with E-state index in [9.17, 15) is 14.4 Å². The zero-order valence-electron chi connectivity index (χ0n) is 36.4. The van der Waals surface area contributed by atoms with Gasteiger partial charge in [0.15, 0.2) is 6.10 Å². The summed E-state index contributed by atoms with van der Waals surface area (Å²) in [5.74, 6) is -0.949. The van der Waals surface area contributed by atoms with Crippen LogP contribution in [0.2, 0.25) is 0 Å². The van der Waals surface area contributed by atoms with E-state index in [0.29, 0.717) is 19.3 Å². The Morgan fingerprint density at radius 1 is 0.375 bits per heavy atom. The molecule has 0 aliphatic rings. The van der Waals surface area contributed by atoms with Gasteiger partial charge in [0, 0.05) is 19.3 Å². The minimum atomic E-state index is -0.792. The molecule has 0 rings (SSSR count). The Kier molecular flexibility index (Phi) is 42.1. The Balaban J connectivity index is 4.47. The molecule has 1 atom stereocenters. The summed E-state index contributed by atoms with van der Waals surface area (Å²) < 4.78 is 16.7. The highest BCUT2D eigenvalue weighted by Gasteiger charge is 2.19. The molecular formula is C50H84O6. The Bertz CT molecular complexity index is 1080. The van der Waals surface area contributed by atoms with E-state index in [1.54, 1.807) is 0 Å². The van der Waals surface area contributed by atoms with Crippen LogP contribution in [0.1, 0.15) is 207 Å². The normalized spacial score (nSPS) is 12.7. The van der Waals surface area contributed by atoms with Gasteiger partial charge in [-0.2, -0.15) is 0 Å². The number of unbranched alkanes of at least 4 members (excludes halogenated alkanes) is 21. The van der Waals surface area contributed by atoms with Crippen molar-refractivity contribution in [2.24, 2.45) is 0 Å². The van der Waals surface area contributed by atoms with E-state index in [1.165, 1.54) is 89.9 Å². The molecule has 0 saturated heterocycles. The summed E-state index contributed by atoms with van der Waals surface area (Å²) >= 11 is 0. The molecule has 6 nitrogen and oxygen atoms in total. The van der Waals surface area contributed by atoms with Gasteiger partial charge < -0.3 is 14.2 Å². The van der Waals surface area contributed by atoms with Crippen LogP contribution in [0.4, 0.5) is 0 Å². The second kappa shape index (κ2) is 44.6. The minimum absolute atomic E-state index is 0.0930. The van der Waals surface area contributed by atoms with Gasteiger partial charge in [0.25, 0.3) is 0 Å². The number of ether oxygens (including phenoxy) is 3. The summed E-state index contributed by atoms with van der Waals surface area (Å²) in [6.45, 7) is 6.39. The molecule has 0 heterocycles. The van der Waals surface area contributed by atoms with Crippen LogP contribution in [0.15, 0.2) is 72.9 Å². The molecule has 1 unspecified atom stereocenters. The zero-order chi connectivity index (χ0) is 40.8. The first-order valence-electron chi connectivity index (χ1n) is 23.0. The van der Waals surface area contributed by atoms with E-state index >= 15 is 0 Å². The van der Waals surface area contributed by atoms with Crippen LogP contribution < -0.4 is 0 Å². The van der Waals surface area contributed by atoms with E-state index < -0.39 is 6.10 Å². The van der Waals surface area contributed by atoms with E-state index in [-0.39, 0.29) is 31.1 Å². The van der Waals surface area contributed by atoms with Gasteiger partial charge in [0.2, 0.25) is 0 Å². The van der Waals surface area contributed by atoms with Gasteiger partial charge in [0.05, 0.1) is 0 Å².